The average Bonchev–Trinajstić information content (AvgIpc) is 3.55. The maximum Gasteiger partial charge on any atom is 0.472 e. The molecule has 3 N–H and O–H groups in total. The molecule has 2 unspecified atom stereocenters. The lowest BCUT2D eigenvalue weighted by Crippen LogP contribution is -2.30. The van der Waals surface area contributed by atoms with E-state index in [2.05, 4.69) is 27.7 Å². The van der Waals surface area contributed by atoms with Crippen molar-refractivity contribution in [2.75, 3.05) is 39.6 Å². The summed E-state index contributed by atoms with van der Waals surface area (Å²) in [6.07, 6.45) is 53.1. The zero-order valence-electron chi connectivity index (χ0n) is 57.4. The van der Waals surface area contributed by atoms with Crippen molar-refractivity contribution < 1.29 is 80.2 Å². The SMILES string of the molecule is CCCCCCCCCCCCCCCCCCCCCCCC(=O)O[C@H](COC(=O)CCCCCCCCCCCCCCC)COP(=O)(O)OC[C@@H](O)COP(=O)(O)OC[C@@H](COC(=O)CCCCCCCCC)OC(=O)CCCCCCCCCC. The van der Waals surface area contributed by atoms with Crippen LogP contribution in [-0.4, -0.2) is 96.7 Å². The molecule has 0 aliphatic rings. The van der Waals surface area contributed by atoms with Crippen molar-refractivity contribution in [1.82, 2.24) is 0 Å². The van der Waals surface area contributed by atoms with Gasteiger partial charge in [0, 0.05) is 25.7 Å². The Kier molecular flexibility index (Phi) is 63.3. The van der Waals surface area contributed by atoms with Gasteiger partial charge >= 0.3 is 39.5 Å². The molecule has 0 saturated carbocycles. The van der Waals surface area contributed by atoms with Crippen LogP contribution in [0.3, 0.4) is 0 Å². The van der Waals surface area contributed by atoms with E-state index in [1.807, 2.05) is 0 Å². The van der Waals surface area contributed by atoms with E-state index in [4.69, 9.17) is 37.0 Å². The highest BCUT2D eigenvalue weighted by molar-refractivity contribution is 7.47. The summed E-state index contributed by atoms with van der Waals surface area (Å²) < 4.78 is 68.1. The molecule has 528 valence electrons. The van der Waals surface area contributed by atoms with Gasteiger partial charge in [-0.2, -0.15) is 0 Å². The minimum Gasteiger partial charge on any atom is -0.462 e. The van der Waals surface area contributed by atoms with E-state index in [-0.39, 0.29) is 25.7 Å². The van der Waals surface area contributed by atoms with Crippen molar-refractivity contribution in [3.63, 3.8) is 0 Å². The first-order valence-electron chi connectivity index (χ1n) is 36.8. The third-order valence-corrected chi connectivity index (χ3v) is 18.3. The first-order chi connectivity index (χ1) is 43.2. The number of phosphoric acid groups is 2. The van der Waals surface area contributed by atoms with Gasteiger partial charge in [0.25, 0.3) is 0 Å². The molecule has 0 fully saturated rings. The van der Waals surface area contributed by atoms with Crippen molar-refractivity contribution in [2.24, 2.45) is 0 Å². The number of phosphoric ester groups is 2. The van der Waals surface area contributed by atoms with Crippen LogP contribution in [-0.2, 0) is 65.4 Å². The number of aliphatic hydroxyl groups is 1. The van der Waals surface area contributed by atoms with E-state index in [1.54, 1.807) is 0 Å². The summed E-state index contributed by atoms with van der Waals surface area (Å²) in [7, 11) is -9.89. The van der Waals surface area contributed by atoms with Crippen molar-refractivity contribution in [1.29, 1.82) is 0 Å². The molecule has 17 nitrogen and oxygen atoms in total. The first kappa shape index (κ1) is 87.1. The summed E-state index contributed by atoms with van der Waals surface area (Å²) in [6.45, 7) is 4.87. The summed E-state index contributed by atoms with van der Waals surface area (Å²) >= 11 is 0. The van der Waals surface area contributed by atoms with E-state index in [9.17, 15) is 43.2 Å². The lowest BCUT2D eigenvalue weighted by atomic mass is 10.0. The second kappa shape index (κ2) is 64.8. The van der Waals surface area contributed by atoms with Gasteiger partial charge in [0.15, 0.2) is 12.2 Å². The molecule has 89 heavy (non-hydrogen) atoms. The molecule has 0 rings (SSSR count). The van der Waals surface area contributed by atoms with Gasteiger partial charge in [0.2, 0.25) is 0 Å². The minimum absolute atomic E-state index is 0.105. The maximum atomic E-state index is 13.0. The Morgan fingerprint density at radius 2 is 0.449 bits per heavy atom. The second-order valence-electron chi connectivity index (χ2n) is 25.3. The molecule has 0 aromatic rings. The van der Waals surface area contributed by atoms with Crippen LogP contribution < -0.4 is 0 Å². The highest BCUT2D eigenvalue weighted by Crippen LogP contribution is 2.45. The monoisotopic (exact) mass is 1310 g/mol. The predicted octanol–water partition coefficient (Wildman–Crippen LogP) is 20.3. The highest BCUT2D eigenvalue weighted by atomic mass is 31.2. The number of hydrogen-bond acceptors (Lipinski definition) is 15. The smallest absolute Gasteiger partial charge is 0.462 e. The molecular formula is C70H136O17P2. The number of aliphatic hydroxyl groups excluding tert-OH is 1. The molecule has 0 radical (unpaired) electrons. The quantitative estimate of drug-likeness (QED) is 0.0222. The molecular weight excluding hydrogens is 1170 g/mol. The summed E-state index contributed by atoms with van der Waals surface area (Å²) in [5.74, 6) is -2.13. The zero-order chi connectivity index (χ0) is 65.4. The molecule has 0 saturated heterocycles. The zero-order valence-corrected chi connectivity index (χ0v) is 59.2. The molecule has 19 heteroatoms. The molecule has 0 bridgehead atoms. The molecule has 0 aromatic heterocycles. The Bertz CT molecular complexity index is 1710. The Morgan fingerprint density at radius 1 is 0.270 bits per heavy atom. The van der Waals surface area contributed by atoms with E-state index >= 15 is 0 Å². The summed E-state index contributed by atoms with van der Waals surface area (Å²) in [5.41, 5.74) is 0. The van der Waals surface area contributed by atoms with E-state index in [0.29, 0.717) is 25.7 Å². The molecule has 5 atom stereocenters. The first-order valence-corrected chi connectivity index (χ1v) is 39.8. The summed E-state index contributed by atoms with van der Waals surface area (Å²) in [4.78, 5) is 72.3. The Balaban J connectivity index is 5.11. The fraction of sp³-hybridized carbons (Fsp3) is 0.943. The fourth-order valence-electron chi connectivity index (χ4n) is 10.7. The van der Waals surface area contributed by atoms with Crippen LogP contribution >= 0.6 is 15.6 Å². The van der Waals surface area contributed by atoms with Crippen molar-refractivity contribution in [3.05, 3.63) is 0 Å². The van der Waals surface area contributed by atoms with Gasteiger partial charge < -0.3 is 33.8 Å². The summed E-state index contributed by atoms with van der Waals surface area (Å²) in [5, 5.41) is 10.6. The number of unbranched alkanes of at least 4 members (excludes halogenated alkanes) is 45. The number of carbonyl (C=O) groups is 4. The predicted molar refractivity (Wildman–Crippen MR) is 359 cm³/mol. The number of esters is 4. The van der Waals surface area contributed by atoms with Crippen LogP contribution in [0.15, 0.2) is 0 Å². The Labute approximate surface area is 543 Å². The normalized spacial score (nSPS) is 14.0. The van der Waals surface area contributed by atoms with Crippen LogP contribution in [0.4, 0.5) is 0 Å². The van der Waals surface area contributed by atoms with Crippen LogP contribution in [0.5, 0.6) is 0 Å². The Hall–Kier alpha value is -1.94. The lowest BCUT2D eigenvalue weighted by molar-refractivity contribution is -0.161. The fourth-order valence-corrected chi connectivity index (χ4v) is 12.3. The minimum atomic E-state index is -4.95. The second-order valence-corrected chi connectivity index (χ2v) is 28.2. The molecule has 0 aliphatic carbocycles. The molecule has 0 spiro atoms. The molecule has 0 aromatic carbocycles. The summed E-state index contributed by atoms with van der Waals surface area (Å²) in [6, 6.07) is 0. The number of rotatable bonds is 71. The third kappa shape index (κ3) is 64.6. The number of ether oxygens (including phenoxy) is 4. The van der Waals surface area contributed by atoms with Gasteiger partial charge in [-0.15, -0.1) is 0 Å². The van der Waals surface area contributed by atoms with Crippen molar-refractivity contribution in [3.8, 4) is 0 Å². The van der Waals surface area contributed by atoms with Crippen LogP contribution in [0.1, 0.15) is 368 Å². The van der Waals surface area contributed by atoms with Gasteiger partial charge in [-0.05, 0) is 25.7 Å². The van der Waals surface area contributed by atoms with Gasteiger partial charge in [-0.25, -0.2) is 9.13 Å². The molecule has 0 amide bonds. The standard InChI is InChI=1S/C70H136O17P2/c1-5-9-13-17-21-24-26-28-29-30-31-32-33-34-35-37-39-41-45-49-53-57-70(75)87-66(61-81-68(73)55-51-47-44-40-38-36-27-25-22-18-14-10-6-2)63-85-89(78,79)83-59-64(71)58-82-88(76,77)84-62-65(60-80-67(72)54-50-46-42-20-16-12-8-4)86-69(74)56-52-48-43-23-19-15-11-7-3/h64-66,71H,5-63H2,1-4H3,(H,76,77)(H,78,79)/t64-,65+,66+/m0/s1. The maximum absolute atomic E-state index is 13.0. The third-order valence-electron chi connectivity index (χ3n) is 16.4. The van der Waals surface area contributed by atoms with Crippen molar-refractivity contribution >= 4 is 39.5 Å². The van der Waals surface area contributed by atoms with Crippen LogP contribution in [0.25, 0.3) is 0 Å². The number of hydrogen-bond donors (Lipinski definition) is 3. The van der Waals surface area contributed by atoms with Crippen molar-refractivity contribution in [2.45, 2.75) is 386 Å². The van der Waals surface area contributed by atoms with Gasteiger partial charge in [0.1, 0.15) is 19.3 Å². The molecule has 0 heterocycles. The largest absolute Gasteiger partial charge is 0.472 e. The van der Waals surface area contributed by atoms with Gasteiger partial charge in [-0.1, -0.05) is 317 Å². The lowest BCUT2D eigenvalue weighted by Gasteiger charge is -2.21. The van der Waals surface area contributed by atoms with E-state index in [0.717, 1.165) is 109 Å². The number of carbonyl (C=O) groups excluding carboxylic acids is 4. The topological polar surface area (TPSA) is 237 Å². The van der Waals surface area contributed by atoms with Gasteiger partial charge in [0.05, 0.1) is 26.4 Å². The highest BCUT2D eigenvalue weighted by Gasteiger charge is 2.30. The molecule has 0 aliphatic heterocycles. The van der Waals surface area contributed by atoms with Crippen LogP contribution in [0, 0.1) is 0 Å². The average molecular weight is 1310 g/mol. The van der Waals surface area contributed by atoms with Crippen LogP contribution in [0.2, 0.25) is 0 Å². The Morgan fingerprint density at radius 3 is 0.663 bits per heavy atom. The van der Waals surface area contributed by atoms with Gasteiger partial charge in [-0.3, -0.25) is 37.3 Å². The van der Waals surface area contributed by atoms with E-state index < -0.39 is 97.5 Å². The van der Waals surface area contributed by atoms with E-state index in [1.165, 1.54) is 180 Å².